The van der Waals surface area contributed by atoms with Crippen molar-refractivity contribution < 1.29 is 24.0 Å². The number of hydrogen-bond acceptors (Lipinski definition) is 9. The van der Waals surface area contributed by atoms with Crippen LogP contribution in [-0.2, 0) is 16.0 Å². The Bertz CT molecular complexity index is 1360. The minimum Gasteiger partial charge on any atom is -0.497 e. The van der Waals surface area contributed by atoms with E-state index >= 15 is 0 Å². The van der Waals surface area contributed by atoms with Gasteiger partial charge in [0.1, 0.15) is 23.9 Å². The predicted molar refractivity (Wildman–Crippen MR) is 149 cm³/mol. The molecule has 2 aliphatic heterocycles. The van der Waals surface area contributed by atoms with Gasteiger partial charge in [-0.15, -0.1) is 0 Å². The number of rotatable bonds is 9. The van der Waals surface area contributed by atoms with Crippen molar-refractivity contribution in [1.29, 1.82) is 0 Å². The first-order chi connectivity index (χ1) is 19.4. The van der Waals surface area contributed by atoms with Crippen molar-refractivity contribution in [2.45, 2.75) is 12.5 Å². The molecule has 0 saturated carbocycles. The Labute approximate surface area is 231 Å². The van der Waals surface area contributed by atoms with Gasteiger partial charge in [-0.25, -0.2) is 9.78 Å². The third kappa shape index (κ3) is 6.22. The number of nitro groups is 1. The van der Waals surface area contributed by atoms with E-state index in [1.165, 1.54) is 12.3 Å². The van der Waals surface area contributed by atoms with Crippen LogP contribution in [0.25, 0.3) is 0 Å². The van der Waals surface area contributed by atoms with E-state index < -0.39 is 17.1 Å². The number of aromatic nitrogens is 1. The third-order valence-corrected chi connectivity index (χ3v) is 6.97. The lowest BCUT2D eigenvalue weighted by molar-refractivity contribution is -0.385. The summed E-state index contributed by atoms with van der Waals surface area (Å²) in [5.41, 5.74) is 2.58. The molecular weight excluding hydrogens is 516 g/mol. The molecule has 1 aromatic heterocycles. The summed E-state index contributed by atoms with van der Waals surface area (Å²) < 4.78 is 10.7. The van der Waals surface area contributed by atoms with Crippen LogP contribution in [0.1, 0.15) is 5.56 Å². The summed E-state index contributed by atoms with van der Waals surface area (Å²) in [7, 11) is 1.58. The number of pyridine rings is 1. The minimum atomic E-state index is -0.455. The van der Waals surface area contributed by atoms with Gasteiger partial charge in [0.05, 0.1) is 31.5 Å². The second kappa shape index (κ2) is 11.9. The molecule has 12 heteroatoms. The van der Waals surface area contributed by atoms with Crippen molar-refractivity contribution in [3.63, 3.8) is 0 Å². The number of hydrogen-bond donors (Lipinski definition) is 1. The van der Waals surface area contributed by atoms with Gasteiger partial charge in [0.25, 0.3) is 5.69 Å². The number of carbonyl (C=O) groups is 2. The van der Waals surface area contributed by atoms with Crippen LogP contribution in [0.15, 0.2) is 66.9 Å². The molecule has 12 nitrogen and oxygen atoms in total. The lowest BCUT2D eigenvalue weighted by Gasteiger charge is -2.36. The van der Waals surface area contributed by atoms with E-state index in [-0.39, 0.29) is 24.6 Å². The Morgan fingerprint density at radius 1 is 1.07 bits per heavy atom. The first-order valence-corrected chi connectivity index (χ1v) is 13.0. The van der Waals surface area contributed by atoms with Crippen LogP contribution >= 0.6 is 0 Å². The highest BCUT2D eigenvalue weighted by molar-refractivity contribution is 5.90. The summed E-state index contributed by atoms with van der Waals surface area (Å²) in [5, 5.41) is 13.7. The standard InChI is InChI=1S/C28H30N6O6/c1-39-24-4-2-3-20(15-24)16-27(35)30-18-25-19-33(28(36)40-25)22-7-5-21(6-8-22)31-11-13-32(14-12-31)26-10-9-23(17-29-26)34(37)38/h2-10,15,17,25H,11-14,16,18-19H2,1H3,(H,30,35). The van der Waals surface area contributed by atoms with Gasteiger partial charge < -0.3 is 24.6 Å². The number of anilines is 3. The van der Waals surface area contributed by atoms with Crippen molar-refractivity contribution >= 4 is 34.9 Å². The highest BCUT2D eigenvalue weighted by Crippen LogP contribution is 2.26. The quantitative estimate of drug-likeness (QED) is 0.318. The molecule has 1 unspecified atom stereocenters. The van der Waals surface area contributed by atoms with Crippen LogP contribution in [0.2, 0.25) is 0 Å². The fourth-order valence-corrected chi connectivity index (χ4v) is 4.81. The predicted octanol–water partition coefficient (Wildman–Crippen LogP) is 3.01. The zero-order valence-electron chi connectivity index (χ0n) is 22.1. The maximum atomic E-state index is 12.5. The van der Waals surface area contributed by atoms with Crippen LogP contribution in [0.5, 0.6) is 5.75 Å². The third-order valence-electron chi connectivity index (χ3n) is 6.97. The summed E-state index contributed by atoms with van der Waals surface area (Å²) in [6.45, 7) is 3.57. The summed E-state index contributed by atoms with van der Waals surface area (Å²) >= 11 is 0. The van der Waals surface area contributed by atoms with Gasteiger partial charge in [-0.05, 0) is 48.0 Å². The fourth-order valence-electron chi connectivity index (χ4n) is 4.81. The van der Waals surface area contributed by atoms with Gasteiger partial charge in [0.2, 0.25) is 5.91 Å². The maximum Gasteiger partial charge on any atom is 0.414 e. The highest BCUT2D eigenvalue weighted by atomic mass is 16.6. The van der Waals surface area contributed by atoms with E-state index in [1.807, 2.05) is 48.5 Å². The lowest BCUT2D eigenvalue weighted by Crippen LogP contribution is -2.46. The van der Waals surface area contributed by atoms with Crippen molar-refractivity contribution in [2.24, 2.45) is 0 Å². The van der Waals surface area contributed by atoms with E-state index in [0.717, 1.165) is 48.9 Å². The van der Waals surface area contributed by atoms with E-state index in [2.05, 4.69) is 20.1 Å². The molecule has 3 heterocycles. The first kappa shape index (κ1) is 26.7. The second-order valence-electron chi connectivity index (χ2n) is 9.57. The van der Waals surface area contributed by atoms with Crippen molar-refractivity contribution in [3.05, 3.63) is 82.5 Å². The van der Waals surface area contributed by atoms with E-state index in [4.69, 9.17) is 9.47 Å². The van der Waals surface area contributed by atoms with E-state index in [9.17, 15) is 19.7 Å². The summed E-state index contributed by atoms with van der Waals surface area (Å²) in [6, 6.07) is 18.2. The van der Waals surface area contributed by atoms with Gasteiger partial charge in [-0.2, -0.15) is 0 Å². The molecule has 5 rings (SSSR count). The van der Waals surface area contributed by atoms with Crippen molar-refractivity contribution in [3.8, 4) is 5.75 Å². The molecule has 40 heavy (non-hydrogen) atoms. The number of nitrogens with zero attached hydrogens (tertiary/aromatic N) is 5. The Kier molecular flexibility index (Phi) is 7.94. The molecule has 2 amide bonds. The first-order valence-electron chi connectivity index (χ1n) is 13.0. The Balaban J connectivity index is 1.10. The van der Waals surface area contributed by atoms with Crippen molar-refractivity contribution in [1.82, 2.24) is 10.3 Å². The Hall–Kier alpha value is -4.87. The molecule has 208 valence electrons. The van der Waals surface area contributed by atoms with Crippen molar-refractivity contribution in [2.75, 3.05) is 61.1 Å². The topological polar surface area (TPSA) is 130 Å². The smallest absolute Gasteiger partial charge is 0.414 e. The number of carbonyl (C=O) groups excluding carboxylic acids is 2. The van der Waals surface area contributed by atoms with Gasteiger partial charge in [-0.3, -0.25) is 19.8 Å². The molecule has 1 N–H and O–H groups in total. The van der Waals surface area contributed by atoms with Crippen LogP contribution in [0.4, 0.5) is 27.7 Å². The summed E-state index contributed by atoms with van der Waals surface area (Å²) in [4.78, 5) is 45.5. The SMILES string of the molecule is COc1cccc(CC(=O)NCC2CN(c3ccc(N4CCN(c5ccc([N+](=O)[O-])cn5)CC4)cc3)C(=O)O2)c1. The minimum absolute atomic E-state index is 0.0233. The number of methoxy groups -OCH3 is 1. The number of nitrogens with one attached hydrogen (secondary N) is 1. The largest absolute Gasteiger partial charge is 0.497 e. The summed E-state index contributed by atoms with van der Waals surface area (Å²) in [6.07, 6.45) is 0.610. The lowest BCUT2D eigenvalue weighted by atomic mass is 10.1. The molecule has 3 aromatic rings. The molecular formula is C28H30N6O6. The van der Waals surface area contributed by atoms with Crippen LogP contribution < -0.4 is 24.8 Å². The molecule has 1 atom stereocenters. The molecule has 0 radical (unpaired) electrons. The normalized spacial score (nSPS) is 17.0. The molecule has 0 aliphatic carbocycles. The average molecular weight is 547 g/mol. The number of benzene rings is 2. The van der Waals surface area contributed by atoms with E-state index in [1.54, 1.807) is 18.1 Å². The number of amides is 2. The number of ether oxygens (including phenoxy) is 2. The summed E-state index contributed by atoms with van der Waals surface area (Å²) in [5.74, 6) is 1.26. The zero-order valence-corrected chi connectivity index (χ0v) is 22.1. The Morgan fingerprint density at radius 2 is 1.80 bits per heavy atom. The maximum absolute atomic E-state index is 12.5. The van der Waals surface area contributed by atoms with Gasteiger partial charge in [0, 0.05) is 43.6 Å². The molecule has 0 spiro atoms. The van der Waals surface area contributed by atoms with Crippen LogP contribution in [0.3, 0.4) is 0 Å². The van der Waals surface area contributed by atoms with Gasteiger partial charge in [-0.1, -0.05) is 12.1 Å². The highest BCUT2D eigenvalue weighted by Gasteiger charge is 2.32. The number of piperazine rings is 1. The van der Waals surface area contributed by atoms with Gasteiger partial charge >= 0.3 is 6.09 Å². The molecule has 2 fully saturated rings. The fraction of sp³-hybridized carbons (Fsp3) is 0.321. The zero-order chi connectivity index (χ0) is 28.1. The monoisotopic (exact) mass is 546 g/mol. The average Bonchev–Trinajstić information content (AvgIpc) is 3.36. The van der Waals surface area contributed by atoms with Crippen LogP contribution in [0, 0.1) is 10.1 Å². The molecule has 2 aromatic carbocycles. The molecule has 2 aliphatic rings. The Morgan fingerprint density at radius 3 is 2.48 bits per heavy atom. The van der Waals surface area contributed by atoms with E-state index in [0.29, 0.717) is 12.3 Å². The van der Waals surface area contributed by atoms with Crippen LogP contribution in [-0.4, -0.2) is 74.4 Å². The molecule has 2 saturated heterocycles. The van der Waals surface area contributed by atoms with Gasteiger partial charge in [0.15, 0.2) is 0 Å². The second-order valence-corrected chi connectivity index (χ2v) is 9.57. The molecule has 0 bridgehead atoms. The number of cyclic esters (lactones) is 1.